The minimum Gasteiger partial charge on any atom is -0.309 e. The normalized spacial score (nSPS) is 26.6. The highest BCUT2D eigenvalue weighted by atomic mass is 79.9. The lowest BCUT2D eigenvalue weighted by Crippen LogP contribution is -2.57. The van der Waals surface area contributed by atoms with E-state index in [1.165, 1.54) is 6.07 Å². The van der Waals surface area contributed by atoms with Crippen LogP contribution in [0.4, 0.5) is 4.39 Å². The molecule has 0 saturated heterocycles. The average molecular weight is 321 g/mol. The molecule has 0 bridgehead atoms. The van der Waals surface area contributed by atoms with Gasteiger partial charge in [-0.15, -0.1) is 11.6 Å². The van der Waals surface area contributed by atoms with Crippen molar-refractivity contribution in [2.75, 3.05) is 0 Å². The van der Waals surface area contributed by atoms with Gasteiger partial charge in [-0.3, -0.25) is 0 Å². The Bertz CT molecular complexity index is 422. The maximum Gasteiger partial charge on any atom is 0.128 e. The number of nitrogens with one attached hydrogen (secondary N) is 1. The zero-order valence-electron chi connectivity index (χ0n) is 9.93. The fraction of sp³-hybridized carbons (Fsp3) is 0.538. The summed E-state index contributed by atoms with van der Waals surface area (Å²) in [5, 5.41) is 3.59. The van der Waals surface area contributed by atoms with E-state index in [9.17, 15) is 4.39 Å². The molecule has 0 heterocycles. The van der Waals surface area contributed by atoms with Gasteiger partial charge < -0.3 is 5.32 Å². The Morgan fingerprint density at radius 1 is 1.53 bits per heavy atom. The van der Waals surface area contributed by atoms with Crippen LogP contribution in [-0.2, 0) is 6.54 Å². The van der Waals surface area contributed by atoms with E-state index < -0.39 is 0 Å². The van der Waals surface area contributed by atoms with E-state index in [0.29, 0.717) is 18.2 Å². The maximum absolute atomic E-state index is 13.6. The van der Waals surface area contributed by atoms with Gasteiger partial charge in [0.1, 0.15) is 5.82 Å². The highest BCUT2D eigenvalue weighted by Crippen LogP contribution is 2.44. The first-order valence-corrected chi connectivity index (χ1v) is 6.95. The average Bonchev–Trinajstić information content (AvgIpc) is 2.26. The summed E-state index contributed by atoms with van der Waals surface area (Å²) in [6.45, 7) is 4.84. The Hall–Kier alpha value is -0.120. The lowest BCUT2D eigenvalue weighted by atomic mass is 9.67. The summed E-state index contributed by atoms with van der Waals surface area (Å²) in [7, 11) is 0. The third kappa shape index (κ3) is 2.67. The van der Waals surface area contributed by atoms with Gasteiger partial charge in [0.05, 0.1) is 0 Å². The molecule has 94 valence electrons. The minimum atomic E-state index is -0.175. The Morgan fingerprint density at radius 3 is 2.76 bits per heavy atom. The van der Waals surface area contributed by atoms with E-state index in [0.717, 1.165) is 10.9 Å². The predicted molar refractivity (Wildman–Crippen MR) is 72.8 cm³/mol. The zero-order chi connectivity index (χ0) is 12.6. The summed E-state index contributed by atoms with van der Waals surface area (Å²) < 4.78 is 14.4. The van der Waals surface area contributed by atoms with Gasteiger partial charge in [-0.05, 0) is 24.0 Å². The molecule has 1 N–H and O–H groups in total. The number of hydrogen-bond donors (Lipinski definition) is 1. The molecular formula is C13H16BrClFN. The van der Waals surface area contributed by atoms with Crippen LogP contribution in [0.15, 0.2) is 22.7 Å². The Morgan fingerprint density at radius 2 is 2.24 bits per heavy atom. The number of benzene rings is 1. The second kappa shape index (κ2) is 4.87. The van der Waals surface area contributed by atoms with Crippen LogP contribution in [0, 0.1) is 11.2 Å². The fourth-order valence-corrected chi connectivity index (χ4v) is 2.78. The summed E-state index contributed by atoms with van der Waals surface area (Å²) >= 11 is 9.40. The molecule has 0 aliphatic heterocycles. The second-order valence-electron chi connectivity index (χ2n) is 5.19. The SMILES string of the molecule is CC1(C)C(Cl)CC1NCc1ccc(Br)cc1F. The summed E-state index contributed by atoms with van der Waals surface area (Å²) in [6.07, 6.45) is 0.951. The summed E-state index contributed by atoms with van der Waals surface area (Å²) in [6, 6.07) is 5.52. The third-order valence-corrected chi connectivity index (χ3v) is 4.94. The standard InChI is InChI=1S/C13H16BrClFN/c1-13(2)11(15)6-12(13)17-7-8-3-4-9(14)5-10(8)16/h3-5,11-12,17H,6-7H2,1-2H3. The van der Waals surface area contributed by atoms with Gasteiger partial charge in [-0.2, -0.15) is 0 Å². The van der Waals surface area contributed by atoms with Gasteiger partial charge in [0, 0.05) is 28.0 Å². The van der Waals surface area contributed by atoms with Crippen LogP contribution < -0.4 is 5.32 Å². The molecule has 2 rings (SSSR count). The third-order valence-electron chi connectivity index (χ3n) is 3.70. The maximum atomic E-state index is 13.6. The number of halogens is 3. The van der Waals surface area contributed by atoms with Crippen LogP contribution in [0.5, 0.6) is 0 Å². The van der Waals surface area contributed by atoms with Gasteiger partial charge >= 0.3 is 0 Å². The van der Waals surface area contributed by atoms with Crippen molar-refractivity contribution in [3.63, 3.8) is 0 Å². The quantitative estimate of drug-likeness (QED) is 0.827. The molecule has 17 heavy (non-hydrogen) atoms. The highest BCUT2D eigenvalue weighted by Gasteiger charge is 2.46. The van der Waals surface area contributed by atoms with Gasteiger partial charge in [0.15, 0.2) is 0 Å². The largest absolute Gasteiger partial charge is 0.309 e. The van der Waals surface area contributed by atoms with Crippen LogP contribution in [0.3, 0.4) is 0 Å². The molecule has 1 aliphatic rings. The van der Waals surface area contributed by atoms with Gasteiger partial charge in [0.25, 0.3) is 0 Å². The molecule has 0 radical (unpaired) electrons. The van der Waals surface area contributed by atoms with Crippen LogP contribution in [0.1, 0.15) is 25.8 Å². The van der Waals surface area contributed by atoms with Crippen LogP contribution in [-0.4, -0.2) is 11.4 Å². The molecule has 1 saturated carbocycles. The molecule has 0 spiro atoms. The van der Waals surface area contributed by atoms with E-state index >= 15 is 0 Å². The van der Waals surface area contributed by atoms with Crippen molar-refractivity contribution in [1.82, 2.24) is 5.32 Å². The van der Waals surface area contributed by atoms with E-state index in [4.69, 9.17) is 11.6 Å². The number of rotatable bonds is 3. The van der Waals surface area contributed by atoms with Crippen molar-refractivity contribution in [1.29, 1.82) is 0 Å². The molecule has 1 aromatic rings. The second-order valence-corrected chi connectivity index (χ2v) is 6.64. The molecule has 1 aromatic carbocycles. The number of hydrogen-bond acceptors (Lipinski definition) is 1. The molecule has 1 fully saturated rings. The number of alkyl halides is 1. The van der Waals surface area contributed by atoms with E-state index in [1.807, 2.05) is 6.07 Å². The first-order chi connectivity index (χ1) is 7.91. The van der Waals surface area contributed by atoms with Crippen molar-refractivity contribution in [2.24, 2.45) is 5.41 Å². The first-order valence-electron chi connectivity index (χ1n) is 5.72. The lowest BCUT2D eigenvalue weighted by Gasteiger charge is -2.49. The minimum absolute atomic E-state index is 0.0907. The monoisotopic (exact) mass is 319 g/mol. The molecule has 2 unspecified atom stereocenters. The molecule has 4 heteroatoms. The van der Waals surface area contributed by atoms with Gasteiger partial charge in [0.2, 0.25) is 0 Å². The van der Waals surface area contributed by atoms with Crippen molar-refractivity contribution >= 4 is 27.5 Å². The van der Waals surface area contributed by atoms with E-state index in [2.05, 4.69) is 35.1 Å². The molecule has 1 aliphatic carbocycles. The molecule has 0 amide bonds. The highest BCUT2D eigenvalue weighted by molar-refractivity contribution is 9.10. The molecule has 1 nitrogen and oxygen atoms in total. The van der Waals surface area contributed by atoms with Crippen LogP contribution in [0.2, 0.25) is 0 Å². The fourth-order valence-electron chi connectivity index (χ4n) is 2.12. The first kappa shape index (κ1) is 13.3. The molecular weight excluding hydrogens is 305 g/mol. The lowest BCUT2D eigenvalue weighted by molar-refractivity contribution is 0.115. The topological polar surface area (TPSA) is 12.0 Å². The smallest absolute Gasteiger partial charge is 0.128 e. The van der Waals surface area contributed by atoms with Crippen molar-refractivity contribution in [3.05, 3.63) is 34.1 Å². The Kier molecular flexibility index (Phi) is 3.81. The van der Waals surface area contributed by atoms with Crippen molar-refractivity contribution in [3.8, 4) is 0 Å². The van der Waals surface area contributed by atoms with Crippen molar-refractivity contribution < 1.29 is 4.39 Å². The van der Waals surface area contributed by atoms with Crippen LogP contribution in [0.25, 0.3) is 0 Å². The van der Waals surface area contributed by atoms with Crippen molar-refractivity contribution in [2.45, 2.75) is 38.2 Å². The van der Waals surface area contributed by atoms with Gasteiger partial charge in [-0.25, -0.2) is 4.39 Å². The Balaban J connectivity index is 1.95. The van der Waals surface area contributed by atoms with E-state index in [1.54, 1.807) is 6.07 Å². The summed E-state index contributed by atoms with van der Waals surface area (Å²) in [5.74, 6) is -0.175. The summed E-state index contributed by atoms with van der Waals surface area (Å²) in [4.78, 5) is 0. The van der Waals surface area contributed by atoms with Gasteiger partial charge in [-0.1, -0.05) is 35.8 Å². The summed E-state index contributed by atoms with van der Waals surface area (Å²) in [5.41, 5.74) is 0.787. The Labute approximate surface area is 115 Å². The van der Waals surface area contributed by atoms with E-state index in [-0.39, 0.29) is 16.6 Å². The predicted octanol–water partition coefficient (Wildman–Crippen LogP) is 4.08. The van der Waals surface area contributed by atoms with Crippen LogP contribution >= 0.6 is 27.5 Å². The molecule has 2 atom stereocenters. The molecule has 0 aromatic heterocycles. The zero-order valence-corrected chi connectivity index (χ0v) is 12.3.